The maximum absolute atomic E-state index is 12.7. The summed E-state index contributed by atoms with van der Waals surface area (Å²) in [7, 11) is 1.77. The highest BCUT2D eigenvalue weighted by Crippen LogP contribution is 2.10. The number of likely N-dealkylation sites (N-methyl/N-ethyl adjacent to an activating group) is 1. The molecule has 0 saturated carbocycles. The van der Waals surface area contributed by atoms with Crippen molar-refractivity contribution in [3.63, 3.8) is 0 Å². The largest absolute Gasteiger partial charge is 0.492 e. The molecule has 3 nitrogen and oxygen atoms in total. The zero-order valence-electron chi connectivity index (χ0n) is 11.0. The molecule has 0 unspecified atom stereocenters. The van der Waals surface area contributed by atoms with Crippen molar-refractivity contribution < 1.29 is 13.9 Å². The van der Waals surface area contributed by atoms with Gasteiger partial charge in [0.2, 0.25) is 5.91 Å². The number of rotatable bonds is 7. The summed E-state index contributed by atoms with van der Waals surface area (Å²) in [5.74, 6) is 0.472. The fourth-order valence-electron chi connectivity index (χ4n) is 1.47. The maximum Gasteiger partial charge on any atom is 0.222 e. The van der Waals surface area contributed by atoms with E-state index in [1.807, 2.05) is 0 Å². The second kappa shape index (κ2) is 7.69. The fourth-order valence-corrected chi connectivity index (χ4v) is 1.47. The molecular weight excluding hydrogens is 233 g/mol. The van der Waals surface area contributed by atoms with Gasteiger partial charge in [0.05, 0.1) is 6.54 Å². The van der Waals surface area contributed by atoms with E-state index in [1.54, 1.807) is 24.1 Å². The van der Waals surface area contributed by atoms with Gasteiger partial charge in [0, 0.05) is 13.5 Å². The topological polar surface area (TPSA) is 29.5 Å². The molecule has 0 aromatic heterocycles. The Morgan fingerprint density at radius 3 is 2.61 bits per heavy atom. The third-order valence-corrected chi connectivity index (χ3v) is 2.68. The van der Waals surface area contributed by atoms with E-state index in [4.69, 9.17) is 4.74 Å². The molecule has 1 rings (SSSR count). The number of hydrogen-bond donors (Lipinski definition) is 0. The number of benzene rings is 1. The van der Waals surface area contributed by atoms with E-state index >= 15 is 0 Å². The summed E-state index contributed by atoms with van der Waals surface area (Å²) in [6.45, 7) is 3.02. The molecule has 18 heavy (non-hydrogen) atoms. The van der Waals surface area contributed by atoms with E-state index in [9.17, 15) is 9.18 Å². The maximum atomic E-state index is 12.7. The van der Waals surface area contributed by atoms with E-state index in [0.717, 1.165) is 12.8 Å². The minimum Gasteiger partial charge on any atom is -0.492 e. The van der Waals surface area contributed by atoms with Gasteiger partial charge < -0.3 is 9.64 Å². The molecule has 100 valence electrons. The summed E-state index contributed by atoms with van der Waals surface area (Å²) in [6.07, 6.45) is 2.53. The second-order valence-corrected chi connectivity index (χ2v) is 4.22. The van der Waals surface area contributed by atoms with Gasteiger partial charge in [-0.15, -0.1) is 0 Å². The summed E-state index contributed by atoms with van der Waals surface area (Å²) in [4.78, 5) is 13.3. The van der Waals surface area contributed by atoms with Gasteiger partial charge in [0.25, 0.3) is 0 Å². The van der Waals surface area contributed by atoms with E-state index < -0.39 is 0 Å². The number of hydrogen-bond acceptors (Lipinski definition) is 2. The van der Waals surface area contributed by atoms with Crippen molar-refractivity contribution in [1.29, 1.82) is 0 Å². The Hall–Kier alpha value is -1.58. The minimum absolute atomic E-state index is 0.138. The summed E-state index contributed by atoms with van der Waals surface area (Å²) in [5.41, 5.74) is 0. The number of halogens is 1. The van der Waals surface area contributed by atoms with Crippen molar-refractivity contribution in [2.75, 3.05) is 20.2 Å². The van der Waals surface area contributed by atoms with Crippen molar-refractivity contribution in [3.05, 3.63) is 30.1 Å². The molecule has 0 aliphatic carbocycles. The molecule has 1 aromatic carbocycles. The van der Waals surface area contributed by atoms with Crippen LogP contribution in [0, 0.1) is 5.82 Å². The van der Waals surface area contributed by atoms with Gasteiger partial charge >= 0.3 is 0 Å². The van der Waals surface area contributed by atoms with Crippen LogP contribution in [-0.2, 0) is 4.79 Å². The Labute approximate surface area is 108 Å². The van der Waals surface area contributed by atoms with Crippen LogP contribution in [0.15, 0.2) is 24.3 Å². The molecule has 0 heterocycles. The van der Waals surface area contributed by atoms with Gasteiger partial charge in [0.15, 0.2) is 0 Å². The van der Waals surface area contributed by atoms with Crippen LogP contribution >= 0.6 is 0 Å². The van der Waals surface area contributed by atoms with Crippen molar-refractivity contribution in [1.82, 2.24) is 4.90 Å². The van der Waals surface area contributed by atoms with Crippen LogP contribution in [0.4, 0.5) is 4.39 Å². The molecule has 0 fully saturated rings. The molecule has 4 heteroatoms. The van der Waals surface area contributed by atoms with Gasteiger partial charge in [-0.05, 0) is 30.7 Å². The molecule has 0 radical (unpaired) electrons. The SMILES string of the molecule is CCCCC(=O)N(C)CCOc1ccc(F)cc1. The van der Waals surface area contributed by atoms with Gasteiger partial charge in [-0.3, -0.25) is 4.79 Å². The predicted octanol–water partition coefficient (Wildman–Crippen LogP) is 2.85. The number of ether oxygens (including phenoxy) is 1. The third-order valence-electron chi connectivity index (χ3n) is 2.68. The molecule has 0 atom stereocenters. The lowest BCUT2D eigenvalue weighted by atomic mass is 10.2. The van der Waals surface area contributed by atoms with E-state index in [-0.39, 0.29) is 11.7 Å². The summed E-state index contributed by atoms with van der Waals surface area (Å²) in [6, 6.07) is 5.86. The normalized spacial score (nSPS) is 10.2. The van der Waals surface area contributed by atoms with Crippen LogP contribution in [-0.4, -0.2) is 31.0 Å². The predicted molar refractivity (Wildman–Crippen MR) is 69.1 cm³/mol. The summed E-state index contributed by atoms with van der Waals surface area (Å²) < 4.78 is 18.1. The van der Waals surface area contributed by atoms with E-state index in [2.05, 4.69) is 6.92 Å². The summed E-state index contributed by atoms with van der Waals surface area (Å²) >= 11 is 0. The Kier molecular flexibility index (Phi) is 6.19. The Balaban J connectivity index is 2.24. The van der Waals surface area contributed by atoms with Crippen LogP contribution < -0.4 is 4.74 Å². The smallest absolute Gasteiger partial charge is 0.222 e. The third kappa shape index (κ3) is 5.17. The van der Waals surface area contributed by atoms with Crippen molar-refractivity contribution >= 4 is 5.91 Å². The van der Waals surface area contributed by atoms with Gasteiger partial charge in [-0.1, -0.05) is 13.3 Å². The second-order valence-electron chi connectivity index (χ2n) is 4.22. The Morgan fingerprint density at radius 1 is 1.33 bits per heavy atom. The molecule has 0 spiro atoms. The minimum atomic E-state index is -0.283. The zero-order chi connectivity index (χ0) is 13.4. The highest BCUT2D eigenvalue weighted by molar-refractivity contribution is 5.75. The van der Waals surface area contributed by atoms with Crippen molar-refractivity contribution in [3.8, 4) is 5.75 Å². The van der Waals surface area contributed by atoms with Crippen LogP contribution in [0.5, 0.6) is 5.75 Å². The summed E-state index contributed by atoms with van der Waals surface area (Å²) in [5, 5.41) is 0. The van der Waals surface area contributed by atoms with Crippen LogP contribution in [0.3, 0.4) is 0 Å². The molecule has 0 N–H and O–H groups in total. The molecular formula is C14H20FNO2. The van der Waals surface area contributed by atoms with Crippen LogP contribution in [0.2, 0.25) is 0 Å². The molecule has 0 aliphatic heterocycles. The number of amides is 1. The average Bonchev–Trinajstić information content (AvgIpc) is 2.38. The molecule has 0 bridgehead atoms. The zero-order valence-corrected chi connectivity index (χ0v) is 11.0. The monoisotopic (exact) mass is 253 g/mol. The fraction of sp³-hybridized carbons (Fsp3) is 0.500. The molecule has 0 saturated heterocycles. The molecule has 1 amide bonds. The number of unbranched alkanes of at least 4 members (excludes halogenated alkanes) is 1. The average molecular weight is 253 g/mol. The van der Waals surface area contributed by atoms with Gasteiger partial charge in [-0.2, -0.15) is 0 Å². The highest BCUT2D eigenvalue weighted by atomic mass is 19.1. The first-order chi connectivity index (χ1) is 8.63. The first kappa shape index (κ1) is 14.5. The van der Waals surface area contributed by atoms with Crippen molar-refractivity contribution in [2.45, 2.75) is 26.2 Å². The number of nitrogens with zero attached hydrogens (tertiary/aromatic N) is 1. The van der Waals surface area contributed by atoms with E-state index in [0.29, 0.717) is 25.3 Å². The van der Waals surface area contributed by atoms with Crippen molar-refractivity contribution in [2.24, 2.45) is 0 Å². The highest BCUT2D eigenvalue weighted by Gasteiger charge is 2.07. The lowest BCUT2D eigenvalue weighted by Crippen LogP contribution is -2.30. The van der Waals surface area contributed by atoms with Gasteiger partial charge in [0.1, 0.15) is 18.2 Å². The lowest BCUT2D eigenvalue weighted by molar-refractivity contribution is -0.130. The van der Waals surface area contributed by atoms with Crippen LogP contribution in [0.25, 0.3) is 0 Å². The first-order valence-corrected chi connectivity index (χ1v) is 6.25. The number of carbonyl (C=O) groups excluding carboxylic acids is 1. The van der Waals surface area contributed by atoms with Gasteiger partial charge in [-0.25, -0.2) is 4.39 Å². The Morgan fingerprint density at radius 2 is 2.00 bits per heavy atom. The number of carbonyl (C=O) groups is 1. The quantitative estimate of drug-likeness (QED) is 0.747. The Bertz CT molecular complexity index is 365. The standard InChI is InChI=1S/C14H20FNO2/c1-3-4-5-14(17)16(2)10-11-18-13-8-6-12(15)7-9-13/h6-9H,3-5,10-11H2,1-2H3. The van der Waals surface area contributed by atoms with E-state index in [1.165, 1.54) is 12.1 Å². The molecule has 0 aliphatic rings. The lowest BCUT2D eigenvalue weighted by Gasteiger charge is -2.17. The molecule has 1 aromatic rings. The van der Waals surface area contributed by atoms with Crippen LogP contribution in [0.1, 0.15) is 26.2 Å². The first-order valence-electron chi connectivity index (χ1n) is 6.25.